The van der Waals surface area contributed by atoms with E-state index in [4.69, 9.17) is 9.52 Å². The second-order valence-electron chi connectivity index (χ2n) is 3.68. The second-order valence-corrected chi connectivity index (χ2v) is 3.68. The number of hydrogen-bond acceptors (Lipinski definition) is 3. The summed E-state index contributed by atoms with van der Waals surface area (Å²) in [6.45, 7) is 2.00. The fourth-order valence-electron chi connectivity index (χ4n) is 1.31. The fourth-order valence-corrected chi connectivity index (χ4v) is 1.31. The summed E-state index contributed by atoms with van der Waals surface area (Å²) in [5.41, 5.74) is 0. The van der Waals surface area contributed by atoms with E-state index in [1.54, 1.807) is 26.1 Å². The molecule has 1 heterocycles. The molecule has 1 atom stereocenters. The van der Waals surface area contributed by atoms with Gasteiger partial charge in [-0.25, -0.2) is 9.59 Å². The molecule has 0 aliphatic rings. The monoisotopic (exact) mass is 240 g/mol. The number of aliphatic carboxylic acids is 1. The molecular weight excluding hydrogens is 224 g/mol. The van der Waals surface area contributed by atoms with Crippen molar-refractivity contribution >= 4 is 12.0 Å². The summed E-state index contributed by atoms with van der Waals surface area (Å²) in [7, 11) is 1.58. The zero-order valence-electron chi connectivity index (χ0n) is 9.84. The molecule has 0 aliphatic carbocycles. The van der Waals surface area contributed by atoms with E-state index in [1.165, 1.54) is 11.2 Å². The average molecular weight is 240 g/mol. The number of carbonyl (C=O) groups is 2. The molecule has 2 N–H and O–H groups in total. The molecule has 1 aromatic rings. The lowest BCUT2D eigenvalue weighted by Crippen LogP contribution is -2.46. The summed E-state index contributed by atoms with van der Waals surface area (Å²) in [5, 5.41) is 11.2. The fraction of sp³-hybridized carbons (Fsp3) is 0.455. The van der Waals surface area contributed by atoms with Gasteiger partial charge < -0.3 is 19.7 Å². The maximum absolute atomic E-state index is 11.7. The zero-order chi connectivity index (χ0) is 12.8. The van der Waals surface area contributed by atoms with Crippen LogP contribution in [0.5, 0.6) is 0 Å². The van der Waals surface area contributed by atoms with E-state index < -0.39 is 18.0 Å². The smallest absolute Gasteiger partial charge is 0.326 e. The summed E-state index contributed by atoms with van der Waals surface area (Å²) < 4.78 is 5.10. The number of carboxylic acids is 1. The highest BCUT2D eigenvalue weighted by Gasteiger charge is 2.19. The quantitative estimate of drug-likeness (QED) is 0.812. The van der Waals surface area contributed by atoms with Crippen LogP contribution in [0.25, 0.3) is 0 Å². The van der Waals surface area contributed by atoms with Gasteiger partial charge in [-0.2, -0.15) is 0 Å². The number of amides is 2. The molecule has 94 valence electrons. The van der Waals surface area contributed by atoms with E-state index in [0.29, 0.717) is 18.7 Å². The minimum absolute atomic E-state index is 0.300. The van der Waals surface area contributed by atoms with Crippen LogP contribution in [0.1, 0.15) is 19.1 Å². The maximum Gasteiger partial charge on any atom is 0.326 e. The molecule has 0 radical (unpaired) electrons. The van der Waals surface area contributed by atoms with Gasteiger partial charge in [0.25, 0.3) is 0 Å². The Kier molecular flexibility index (Phi) is 4.56. The molecule has 6 heteroatoms. The number of rotatable bonds is 5. The number of hydrogen-bond donors (Lipinski definition) is 2. The largest absolute Gasteiger partial charge is 0.480 e. The van der Waals surface area contributed by atoms with Crippen LogP contribution in [0, 0.1) is 0 Å². The summed E-state index contributed by atoms with van der Waals surface area (Å²) in [6, 6.07) is 2.18. The Balaban J connectivity index is 2.49. The highest BCUT2D eigenvalue weighted by Crippen LogP contribution is 2.04. The van der Waals surface area contributed by atoms with E-state index >= 15 is 0 Å². The van der Waals surface area contributed by atoms with Crippen molar-refractivity contribution < 1.29 is 19.1 Å². The van der Waals surface area contributed by atoms with Crippen LogP contribution in [-0.2, 0) is 11.3 Å². The van der Waals surface area contributed by atoms with Crippen molar-refractivity contribution in [2.45, 2.75) is 25.9 Å². The molecule has 2 amide bonds. The van der Waals surface area contributed by atoms with Crippen molar-refractivity contribution in [3.63, 3.8) is 0 Å². The number of nitrogens with zero attached hydrogens (tertiary/aromatic N) is 1. The Morgan fingerprint density at radius 1 is 1.59 bits per heavy atom. The highest BCUT2D eigenvalue weighted by atomic mass is 16.4. The molecule has 0 fully saturated rings. The second kappa shape index (κ2) is 5.93. The van der Waals surface area contributed by atoms with E-state index in [-0.39, 0.29) is 0 Å². The molecule has 0 saturated heterocycles. The van der Waals surface area contributed by atoms with E-state index in [2.05, 4.69) is 5.32 Å². The minimum atomic E-state index is -1.03. The number of furan rings is 1. The van der Waals surface area contributed by atoms with Crippen molar-refractivity contribution in [2.24, 2.45) is 0 Å². The first kappa shape index (κ1) is 13.1. The van der Waals surface area contributed by atoms with E-state index in [0.717, 1.165) is 0 Å². The Morgan fingerprint density at radius 2 is 2.29 bits per heavy atom. The number of urea groups is 1. The molecule has 0 bridgehead atoms. The highest BCUT2D eigenvalue weighted by molar-refractivity contribution is 5.82. The topological polar surface area (TPSA) is 82.8 Å². The zero-order valence-corrected chi connectivity index (χ0v) is 9.84. The maximum atomic E-state index is 11.7. The summed E-state index contributed by atoms with van der Waals surface area (Å²) in [6.07, 6.45) is 1.86. The summed E-state index contributed by atoms with van der Waals surface area (Å²) in [4.78, 5) is 23.8. The Morgan fingerprint density at radius 3 is 2.76 bits per heavy atom. The summed E-state index contributed by atoms with van der Waals surface area (Å²) in [5.74, 6) is -0.390. The van der Waals surface area contributed by atoms with Crippen molar-refractivity contribution in [1.29, 1.82) is 0 Å². The third-order valence-electron chi connectivity index (χ3n) is 2.32. The SMILES string of the molecule is CCC(NC(=O)N(C)Cc1ccco1)C(=O)O. The lowest BCUT2D eigenvalue weighted by Gasteiger charge is -2.19. The van der Waals surface area contributed by atoms with Crippen LogP contribution in [0.4, 0.5) is 4.79 Å². The van der Waals surface area contributed by atoms with Crippen molar-refractivity contribution in [3.05, 3.63) is 24.2 Å². The van der Waals surface area contributed by atoms with Gasteiger partial charge in [-0.3, -0.25) is 0 Å². The van der Waals surface area contributed by atoms with Gasteiger partial charge in [0, 0.05) is 7.05 Å². The predicted molar refractivity (Wildman–Crippen MR) is 60.4 cm³/mol. The normalized spacial score (nSPS) is 11.9. The standard InChI is InChI=1S/C11H16N2O4/c1-3-9(10(14)15)12-11(16)13(2)7-8-5-4-6-17-8/h4-6,9H,3,7H2,1-2H3,(H,12,16)(H,14,15). The first-order chi connectivity index (χ1) is 8.04. The van der Waals surface area contributed by atoms with Crippen molar-refractivity contribution in [2.75, 3.05) is 7.05 Å². The number of carboxylic acid groups (broad SMARTS) is 1. The van der Waals surface area contributed by atoms with Gasteiger partial charge >= 0.3 is 12.0 Å². The van der Waals surface area contributed by atoms with Crippen LogP contribution in [0.15, 0.2) is 22.8 Å². The van der Waals surface area contributed by atoms with Crippen molar-refractivity contribution in [1.82, 2.24) is 10.2 Å². The Labute approximate surface area is 99.2 Å². The van der Waals surface area contributed by atoms with Gasteiger partial charge in [0.1, 0.15) is 11.8 Å². The Bertz CT molecular complexity index is 375. The third kappa shape index (κ3) is 3.82. The molecule has 0 saturated carbocycles. The van der Waals surface area contributed by atoms with Gasteiger partial charge in [-0.1, -0.05) is 6.92 Å². The summed E-state index contributed by atoms with van der Waals surface area (Å²) >= 11 is 0. The van der Waals surface area contributed by atoms with Gasteiger partial charge in [-0.05, 0) is 18.6 Å². The first-order valence-electron chi connectivity index (χ1n) is 5.31. The van der Waals surface area contributed by atoms with E-state index in [1.807, 2.05) is 0 Å². The Hall–Kier alpha value is -1.98. The molecular formula is C11H16N2O4. The van der Waals surface area contributed by atoms with E-state index in [9.17, 15) is 9.59 Å². The van der Waals surface area contributed by atoms with Gasteiger partial charge in [-0.15, -0.1) is 0 Å². The molecule has 0 aromatic carbocycles. The third-order valence-corrected chi connectivity index (χ3v) is 2.32. The van der Waals surface area contributed by atoms with Crippen LogP contribution >= 0.6 is 0 Å². The molecule has 6 nitrogen and oxygen atoms in total. The average Bonchev–Trinajstić information content (AvgIpc) is 2.77. The first-order valence-corrected chi connectivity index (χ1v) is 5.31. The van der Waals surface area contributed by atoms with Crippen LogP contribution < -0.4 is 5.32 Å². The van der Waals surface area contributed by atoms with Crippen LogP contribution in [-0.4, -0.2) is 35.1 Å². The number of nitrogens with one attached hydrogen (secondary N) is 1. The molecule has 1 rings (SSSR count). The lowest BCUT2D eigenvalue weighted by atomic mass is 10.2. The molecule has 0 aliphatic heterocycles. The number of carbonyl (C=O) groups excluding carboxylic acids is 1. The lowest BCUT2D eigenvalue weighted by molar-refractivity contribution is -0.139. The van der Waals surface area contributed by atoms with Crippen molar-refractivity contribution in [3.8, 4) is 0 Å². The minimum Gasteiger partial charge on any atom is -0.480 e. The molecule has 17 heavy (non-hydrogen) atoms. The van der Waals surface area contributed by atoms with Gasteiger partial charge in [0.2, 0.25) is 0 Å². The molecule has 1 unspecified atom stereocenters. The van der Waals surface area contributed by atoms with Gasteiger partial charge in [0.15, 0.2) is 0 Å². The molecule has 1 aromatic heterocycles. The van der Waals surface area contributed by atoms with Crippen LogP contribution in [0.3, 0.4) is 0 Å². The van der Waals surface area contributed by atoms with Gasteiger partial charge in [0.05, 0.1) is 12.8 Å². The predicted octanol–water partition coefficient (Wildman–Crippen LogP) is 1.28. The molecule has 0 spiro atoms. The van der Waals surface area contributed by atoms with Crippen LogP contribution in [0.2, 0.25) is 0 Å².